The number of carbonyl (C=O) groups excluding carboxylic acids is 2. The fourth-order valence-corrected chi connectivity index (χ4v) is 3.36. The molecule has 0 spiro atoms. The zero-order chi connectivity index (χ0) is 21.8. The van der Waals surface area contributed by atoms with Crippen LogP contribution in [0.25, 0.3) is 6.08 Å². The maximum absolute atomic E-state index is 12.8. The van der Waals surface area contributed by atoms with E-state index < -0.39 is 11.9 Å². The van der Waals surface area contributed by atoms with Gasteiger partial charge in [0.05, 0.1) is 24.8 Å². The van der Waals surface area contributed by atoms with Crippen LogP contribution in [-0.4, -0.2) is 30.1 Å². The van der Waals surface area contributed by atoms with Gasteiger partial charge in [0.25, 0.3) is 5.91 Å². The van der Waals surface area contributed by atoms with E-state index in [1.165, 1.54) is 12.0 Å². The number of urea groups is 1. The Hall–Kier alpha value is -2.99. The van der Waals surface area contributed by atoms with Gasteiger partial charge in [-0.1, -0.05) is 48.4 Å². The second kappa shape index (κ2) is 9.22. The van der Waals surface area contributed by atoms with Crippen molar-refractivity contribution < 1.29 is 19.1 Å². The molecule has 3 rings (SSSR count). The van der Waals surface area contributed by atoms with Crippen LogP contribution >= 0.6 is 11.6 Å². The molecule has 0 aromatic heterocycles. The Kier molecular flexibility index (Phi) is 6.67. The predicted molar refractivity (Wildman–Crippen MR) is 117 cm³/mol. The van der Waals surface area contributed by atoms with E-state index in [9.17, 15) is 9.59 Å². The Morgan fingerprint density at radius 1 is 1.23 bits per heavy atom. The third kappa shape index (κ3) is 4.76. The largest absolute Gasteiger partial charge is 0.493 e. The summed E-state index contributed by atoms with van der Waals surface area (Å²) in [5, 5.41) is 3.00. The second-order valence-electron chi connectivity index (χ2n) is 7.24. The van der Waals surface area contributed by atoms with Crippen LogP contribution in [0.4, 0.5) is 4.79 Å². The Balaban J connectivity index is 1.85. The molecule has 0 aliphatic carbocycles. The molecule has 1 aliphatic rings. The molecule has 2 aromatic carbocycles. The molecule has 7 heteroatoms. The average Bonchev–Trinajstić information content (AvgIpc) is 2.97. The van der Waals surface area contributed by atoms with E-state index in [-0.39, 0.29) is 18.3 Å². The van der Waals surface area contributed by atoms with Crippen molar-refractivity contribution in [1.82, 2.24) is 10.2 Å². The highest BCUT2D eigenvalue weighted by molar-refractivity contribution is 6.32. The summed E-state index contributed by atoms with van der Waals surface area (Å²) in [7, 11) is 1.53. The van der Waals surface area contributed by atoms with E-state index in [0.717, 1.165) is 17.5 Å². The summed E-state index contributed by atoms with van der Waals surface area (Å²) in [6.07, 6.45) is 2.38. The molecule has 1 heterocycles. The third-order valence-electron chi connectivity index (χ3n) is 4.84. The maximum Gasteiger partial charge on any atom is 0.329 e. The SMILES string of the molecule is CC[C@H](C)Oc1c(Cl)cc(/C=C2/NC(=O)N(Cc3cccc(C)c3)C2=O)cc1OC. The molecule has 0 unspecified atom stereocenters. The van der Waals surface area contributed by atoms with Gasteiger partial charge < -0.3 is 14.8 Å². The summed E-state index contributed by atoms with van der Waals surface area (Å²) >= 11 is 6.40. The van der Waals surface area contributed by atoms with Gasteiger partial charge in [0.2, 0.25) is 0 Å². The number of amides is 3. The predicted octanol–water partition coefficient (Wildman–Crippen LogP) is 4.93. The Morgan fingerprint density at radius 3 is 2.67 bits per heavy atom. The molecular formula is C23H25ClN2O4. The van der Waals surface area contributed by atoms with Gasteiger partial charge in [-0.15, -0.1) is 0 Å². The van der Waals surface area contributed by atoms with E-state index in [0.29, 0.717) is 22.1 Å². The minimum atomic E-state index is -0.456. The second-order valence-corrected chi connectivity index (χ2v) is 7.65. The minimum Gasteiger partial charge on any atom is -0.493 e. The Morgan fingerprint density at radius 2 is 2.00 bits per heavy atom. The van der Waals surface area contributed by atoms with Gasteiger partial charge in [-0.05, 0) is 49.6 Å². The molecule has 30 heavy (non-hydrogen) atoms. The number of ether oxygens (including phenoxy) is 2. The standard InChI is InChI=1S/C23H25ClN2O4/c1-5-15(3)30-21-18(24)10-17(12-20(21)29-4)11-19-22(27)26(23(28)25-19)13-16-8-6-7-14(2)9-16/h6-12,15H,5,13H2,1-4H3,(H,25,28)/b19-11+/t15-/m0/s1. The molecule has 158 valence electrons. The summed E-state index contributed by atoms with van der Waals surface area (Å²) in [4.78, 5) is 26.3. The van der Waals surface area contributed by atoms with E-state index >= 15 is 0 Å². The third-order valence-corrected chi connectivity index (χ3v) is 5.12. The van der Waals surface area contributed by atoms with Crippen LogP contribution in [0, 0.1) is 6.92 Å². The van der Waals surface area contributed by atoms with E-state index in [4.69, 9.17) is 21.1 Å². The first kappa shape index (κ1) is 21.7. The summed E-state index contributed by atoms with van der Waals surface area (Å²) in [5.41, 5.74) is 2.75. The van der Waals surface area contributed by atoms with Crippen LogP contribution in [0.5, 0.6) is 11.5 Å². The lowest BCUT2D eigenvalue weighted by molar-refractivity contribution is -0.123. The zero-order valence-electron chi connectivity index (χ0n) is 17.5. The van der Waals surface area contributed by atoms with E-state index in [1.807, 2.05) is 45.0 Å². The molecule has 1 atom stereocenters. The number of nitrogens with zero attached hydrogens (tertiary/aromatic N) is 1. The highest BCUT2D eigenvalue weighted by atomic mass is 35.5. The first-order valence-electron chi connectivity index (χ1n) is 9.76. The summed E-state index contributed by atoms with van der Waals surface area (Å²) < 4.78 is 11.3. The van der Waals surface area contributed by atoms with Gasteiger partial charge in [-0.3, -0.25) is 9.69 Å². The molecule has 1 aliphatic heterocycles. The van der Waals surface area contributed by atoms with Crippen molar-refractivity contribution >= 4 is 29.6 Å². The van der Waals surface area contributed by atoms with Crippen molar-refractivity contribution in [3.63, 3.8) is 0 Å². The number of halogens is 1. The molecule has 3 amide bonds. The average molecular weight is 429 g/mol. The summed E-state index contributed by atoms with van der Waals surface area (Å²) in [5.74, 6) is 0.526. The smallest absolute Gasteiger partial charge is 0.329 e. The van der Waals surface area contributed by atoms with Gasteiger partial charge in [0, 0.05) is 0 Å². The summed E-state index contributed by atoms with van der Waals surface area (Å²) in [6.45, 7) is 6.13. The van der Waals surface area contributed by atoms with Crippen LogP contribution < -0.4 is 14.8 Å². The Bertz CT molecular complexity index is 1000. The number of hydrogen-bond acceptors (Lipinski definition) is 4. The molecule has 1 fully saturated rings. The lowest BCUT2D eigenvalue weighted by Gasteiger charge is -2.17. The maximum atomic E-state index is 12.8. The highest BCUT2D eigenvalue weighted by Crippen LogP contribution is 2.38. The minimum absolute atomic E-state index is 0.0218. The number of aryl methyl sites for hydroxylation is 1. The number of hydrogen-bond donors (Lipinski definition) is 1. The topological polar surface area (TPSA) is 67.9 Å². The quantitative estimate of drug-likeness (QED) is 0.501. The number of rotatable bonds is 7. The van der Waals surface area contributed by atoms with Gasteiger partial charge in [-0.25, -0.2) is 4.79 Å². The molecule has 0 radical (unpaired) electrons. The van der Waals surface area contributed by atoms with Crippen molar-refractivity contribution in [1.29, 1.82) is 0 Å². The van der Waals surface area contributed by atoms with Gasteiger partial charge in [-0.2, -0.15) is 0 Å². The number of nitrogens with one attached hydrogen (secondary N) is 1. The van der Waals surface area contributed by atoms with Crippen molar-refractivity contribution in [3.05, 3.63) is 63.8 Å². The van der Waals surface area contributed by atoms with Crippen LogP contribution in [0.3, 0.4) is 0 Å². The number of imide groups is 1. The van der Waals surface area contributed by atoms with Crippen molar-refractivity contribution in [3.8, 4) is 11.5 Å². The van der Waals surface area contributed by atoms with E-state index in [2.05, 4.69) is 5.32 Å². The van der Waals surface area contributed by atoms with Crippen LogP contribution in [-0.2, 0) is 11.3 Å². The lowest BCUT2D eigenvalue weighted by atomic mass is 10.1. The van der Waals surface area contributed by atoms with Gasteiger partial charge in [0.15, 0.2) is 11.5 Å². The van der Waals surface area contributed by atoms with Gasteiger partial charge >= 0.3 is 6.03 Å². The van der Waals surface area contributed by atoms with Crippen LogP contribution in [0.1, 0.15) is 37.0 Å². The number of benzene rings is 2. The molecule has 6 nitrogen and oxygen atoms in total. The molecular weight excluding hydrogens is 404 g/mol. The fraction of sp³-hybridized carbons (Fsp3) is 0.304. The van der Waals surface area contributed by atoms with Crippen LogP contribution in [0.15, 0.2) is 42.1 Å². The first-order chi connectivity index (χ1) is 14.3. The monoisotopic (exact) mass is 428 g/mol. The number of carbonyl (C=O) groups is 2. The normalized spacial score (nSPS) is 16.0. The van der Waals surface area contributed by atoms with Crippen molar-refractivity contribution in [2.45, 2.75) is 39.8 Å². The van der Waals surface area contributed by atoms with E-state index in [1.54, 1.807) is 18.2 Å². The molecule has 0 saturated carbocycles. The molecule has 1 saturated heterocycles. The molecule has 1 N–H and O–H groups in total. The first-order valence-corrected chi connectivity index (χ1v) is 10.1. The van der Waals surface area contributed by atoms with Gasteiger partial charge in [0.1, 0.15) is 5.70 Å². The van der Waals surface area contributed by atoms with Crippen LogP contribution in [0.2, 0.25) is 5.02 Å². The summed E-state index contributed by atoms with van der Waals surface area (Å²) in [6, 6.07) is 10.6. The molecule has 2 aromatic rings. The fourth-order valence-electron chi connectivity index (χ4n) is 3.10. The van der Waals surface area contributed by atoms with Crippen molar-refractivity contribution in [2.24, 2.45) is 0 Å². The highest BCUT2D eigenvalue weighted by Gasteiger charge is 2.33. The molecule has 0 bridgehead atoms. The number of methoxy groups -OCH3 is 1. The lowest BCUT2D eigenvalue weighted by Crippen LogP contribution is -2.30. The zero-order valence-corrected chi connectivity index (χ0v) is 18.2. The van der Waals surface area contributed by atoms with Crippen molar-refractivity contribution in [2.75, 3.05) is 7.11 Å². The Labute approximate surface area is 181 Å².